The van der Waals surface area contributed by atoms with Gasteiger partial charge in [0, 0.05) is 57.6 Å². The van der Waals surface area contributed by atoms with Crippen molar-refractivity contribution in [2.45, 2.75) is 39.2 Å². The summed E-state index contributed by atoms with van der Waals surface area (Å²) < 4.78 is 5.44. The van der Waals surface area contributed by atoms with E-state index in [1.54, 1.807) is 0 Å². The maximum atomic E-state index is 12.3. The van der Waals surface area contributed by atoms with Crippen LogP contribution in [-0.4, -0.2) is 74.2 Å². The van der Waals surface area contributed by atoms with Gasteiger partial charge in [0.15, 0.2) is 0 Å². The molecule has 0 unspecified atom stereocenters. The quantitative estimate of drug-likeness (QED) is 0.732. The lowest BCUT2D eigenvalue weighted by atomic mass is 10.0. The van der Waals surface area contributed by atoms with Crippen LogP contribution in [0.2, 0.25) is 0 Å². The molecule has 2 saturated heterocycles. The third kappa shape index (κ3) is 4.77. The standard InChI is InChI=1S/C21H33N3O2/c1-3-15-26-17-21(25)24-10-6-8-19(16-24)22-11-13-23(14-12-22)20-9-5-4-7-18(20)2/h4-5,7,9,19H,3,6,8,10-17H2,1-2H3/t19-/m1/s1. The predicted octanol–water partition coefficient (Wildman–Crippen LogP) is 2.53. The number of carbonyl (C=O) groups excluding carboxylic acids is 1. The van der Waals surface area contributed by atoms with Gasteiger partial charge in [0.25, 0.3) is 0 Å². The van der Waals surface area contributed by atoms with E-state index in [1.165, 1.54) is 17.7 Å². The molecule has 2 fully saturated rings. The molecule has 2 aliphatic rings. The summed E-state index contributed by atoms with van der Waals surface area (Å²) in [5, 5.41) is 0. The van der Waals surface area contributed by atoms with Crippen LogP contribution in [0, 0.1) is 6.92 Å². The van der Waals surface area contributed by atoms with Crippen LogP contribution in [-0.2, 0) is 9.53 Å². The Labute approximate surface area is 157 Å². The van der Waals surface area contributed by atoms with E-state index >= 15 is 0 Å². The average molecular weight is 360 g/mol. The fraction of sp³-hybridized carbons (Fsp3) is 0.667. The number of piperazine rings is 1. The Morgan fingerprint density at radius 2 is 1.92 bits per heavy atom. The maximum absolute atomic E-state index is 12.3. The number of anilines is 1. The van der Waals surface area contributed by atoms with Crippen LogP contribution in [0.1, 0.15) is 31.7 Å². The second-order valence-corrected chi connectivity index (χ2v) is 7.50. The van der Waals surface area contributed by atoms with Gasteiger partial charge < -0.3 is 14.5 Å². The molecule has 5 heteroatoms. The molecule has 0 aliphatic carbocycles. The molecule has 2 heterocycles. The smallest absolute Gasteiger partial charge is 0.248 e. The number of nitrogens with zero attached hydrogens (tertiary/aromatic N) is 3. The zero-order chi connectivity index (χ0) is 18.4. The highest BCUT2D eigenvalue weighted by Crippen LogP contribution is 2.23. The van der Waals surface area contributed by atoms with Crippen LogP contribution < -0.4 is 4.90 Å². The lowest BCUT2D eigenvalue weighted by molar-refractivity contribution is -0.138. The van der Waals surface area contributed by atoms with Gasteiger partial charge >= 0.3 is 0 Å². The van der Waals surface area contributed by atoms with E-state index in [-0.39, 0.29) is 12.5 Å². The van der Waals surface area contributed by atoms with Crippen molar-refractivity contribution in [2.24, 2.45) is 0 Å². The van der Waals surface area contributed by atoms with Crippen LogP contribution in [0.3, 0.4) is 0 Å². The molecule has 144 valence electrons. The molecule has 3 rings (SSSR count). The summed E-state index contributed by atoms with van der Waals surface area (Å²) in [4.78, 5) is 19.4. The Bertz CT molecular complexity index is 584. The molecule has 0 saturated carbocycles. The number of aryl methyl sites for hydroxylation is 1. The molecule has 2 aliphatic heterocycles. The van der Waals surface area contributed by atoms with Crippen molar-refractivity contribution in [3.8, 4) is 0 Å². The van der Waals surface area contributed by atoms with Crippen molar-refractivity contribution in [3.63, 3.8) is 0 Å². The SMILES string of the molecule is CCCOCC(=O)N1CCC[C@@H](N2CCN(c3ccccc3C)CC2)C1. The molecular weight excluding hydrogens is 326 g/mol. The van der Waals surface area contributed by atoms with E-state index in [2.05, 4.69) is 47.9 Å². The van der Waals surface area contributed by atoms with Gasteiger partial charge in [-0.15, -0.1) is 0 Å². The van der Waals surface area contributed by atoms with Crippen molar-refractivity contribution < 1.29 is 9.53 Å². The summed E-state index contributed by atoms with van der Waals surface area (Å²) in [6, 6.07) is 9.14. The number of carbonyl (C=O) groups is 1. The summed E-state index contributed by atoms with van der Waals surface area (Å²) in [5.41, 5.74) is 2.71. The summed E-state index contributed by atoms with van der Waals surface area (Å²) in [6.07, 6.45) is 3.26. The zero-order valence-electron chi connectivity index (χ0n) is 16.3. The fourth-order valence-corrected chi connectivity index (χ4v) is 4.12. The number of hydrogen-bond acceptors (Lipinski definition) is 4. The third-order valence-electron chi connectivity index (χ3n) is 5.61. The second-order valence-electron chi connectivity index (χ2n) is 7.50. The lowest BCUT2D eigenvalue weighted by Gasteiger charge is -2.44. The van der Waals surface area contributed by atoms with Crippen molar-refractivity contribution in [2.75, 3.05) is 57.4 Å². The summed E-state index contributed by atoms with van der Waals surface area (Å²) >= 11 is 0. The largest absolute Gasteiger partial charge is 0.372 e. The molecule has 0 radical (unpaired) electrons. The molecule has 5 nitrogen and oxygen atoms in total. The Morgan fingerprint density at radius 3 is 2.65 bits per heavy atom. The maximum Gasteiger partial charge on any atom is 0.248 e. The van der Waals surface area contributed by atoms with Crippen LogP contribution in [0.25, 0.3) is 0 Å². The van der Waals surface area contributed by atoms with E-state index in [0.29, 0.717) is 12.6 Å². The first-order chi connectivity index (χ1) is 12.7. The highest BCUT2D eigenvalue weighted by atomic mass is 16.5. The van der Waals surface area contributed by atoms with Gasteiger partial charge in [0.05, 0.1) is 0 Å². The van der Waals surface area contributed by atoms with Gasteiger partial charge in [-0.25, -0.2) is 0 Å². The summed E-state index contributed by atoms with van der Waals surface area (Å²) in [5.74, 6) is 0.154. The minimum Gasteiger partial charge on any atom is -0.372 e. The van der Waals surface area contributed by atoms with Crippen LogP contribution in [0.15, 0.2) is 24.3 Å². The van der Waals surface area contributed by atoms with Crippen molar-refractivity contribution >= 4 is 11.6 Å². The molecular formula is C21H33N3O2. The molecule has 1 aromatic carbocycles. The van der Waals surface area contributed by atoms with E-state index < -0.39 is 0 Å². The van der Waals surface area contributed by atoms with Crippen molar-refractivity contribution in [1.29, 1.82) is 0 Å². The third-order valence-corrected chi connectivity index (χ3v) is 5.61. The number of likely N-dealkylation sites (tertiary alicyclic amines) is 1. The lowest BCUT2D eigenvalue weighted by Crippen LogP contribution is -2.56. The molecule has 1 aromatic rings. The Hall–Kier alpha value is -1.59. The van der Waals surface area contributed by atoms with Crippen molar-refractivity contribution in [3.05, 3.63) is 29.8 Å². The van der Waals surface area contributed by atoms with E-state index in [4.69, 9.17) is 4.74 Å². The van der Waals surface area contributed by atoms with Gasteiger partial charge in [0.1, 0.15) is 6.61 Å². The highest BCUT2D eigenvalue weighted by molar-refractivity contribution is 5.77. The van der Waals surface area contributed by atoms with Gasteiger partial charge in [-0.05, 0) is 37.8 Å². The molecule has 0 aromatic heterocycles. The van der Waals surface area contributed by atoms with Crippen molar-refractivity contribution in [1.82, 2.24) is 9.80 Å². The molecule has 0 spiro atoms. The molecule has 26 heavy (non-hydrogen) atoms. The van der Waals surface area contributed by atoms with Crippen LogP contribution in [0.5, 0.6) is 0 Å². The van der Waals surface area contributed by atoms with Gasteiger partial charge in [-0.1, -0.05) is 25.1 Å². The zero-order valence-corrected chi connectivity index (χ0v) is 16.3. The minimum absolute atomic E-state index is 0.154. The Morgan fingerprint density at radius 1 is 1.15 bits per heavy atom. The highest BCUT2D eigenvalue weighted by Gasteiger charge is 2.30. The molecule has 0 bridgehead atoms. The second kappa shape index (κ2) is 9.38. The number of ether oxygens (including phenoxy) is 1. The van der Waals surface area contributed by atoms with E-state index in [0.717, 1.165) is 52.1 Å². The normalized spacial score (nSPS) is 21.8. The first kappa shape index (κ1) is 19.2. The number of piperidine rings is 1. The molecule has 1 amide bonds. The minimum atomic E-state index is 0.154. The first-order valence-electron chi connectivity index (χ1n) is 10.1. The Balaban J connectivity index is 1.49. The summed E-state index contributed by atoms with van der Waals surface area (Å²) in [6.45, 7) is 11.2. The number of hydrogen-bond donors (Lipinski definition) is 0. The van der Waals surface area contributed by atoms with E-state index in [1.807, 2.05) is 4.90 Å². The van der Waals surface area contributed by atoms with Crippen LogP contribution >= 0.6 is 0 Å². The number of rotatable bonds is 6. The monoisotopic (exact) mass is 359 g/mol. The van der Waals surface area contributed by atoms with Crippen LogP contribution in [0.4, 0.5) is 5.69 Å². The number of para-hydroxylation sites is 1. The first-order valence-corrected chi connectivity index (χ1v) is 10.1. The number of amides is 1. The molecule has 0 N–H and O–H groups in total. The predicted molar refractivity (Wildman–Crippen MR) is 106 cm³/mol. The summed E-state index contributed by atoms with van der Waals surface area (Å²) in [7, 11) is 0. The number of benzene rings is 1. The Kier molecular flexibility index (Phi) is 6.92. The molecule has 1 atom stereocenters. The van der Waals surface area contributed by atoms with Gasteiger partial charge in [-0.2, -0.15) is 0 Å². The average Bonchev–Trinajstić information content (AvgIpc) is 2.69. The van der Waals surface area contributed by atoms with Gasteiger partial charge in [0.2, 0.25) is 5.91 Å². The topological polar surface area (TPSA) is 36.0 Å². The van der Waals surface area contributed by atoms with E-state index in [9.17, 15) is 4.79 Å². The fourth-order valence-electron chi connectivity index (χ4n) is 4.12. The van der Waals surface area contributed by atoms with Gasteiger partial charge in [-0.3, -0.25) is 9.69 Å².